The minimum Gasteiger partial charge on any atom is -0.480 e. The number of pyridine rings is 1. The predicted molar refractivity (Wildman–Crippen MR) is 62.6 cm³/mol. The third-order valence-electron chi connectivity index (χ3n) is 2.87. The van der Waals surface area contributed by atoms with Gasteiger partial charge in [0.25, 0.3) is 11.6 Å². The zero-order chi connectivity index (χ0) is 14.2. The monoisotopic (exact) mass is 266 g/mol. The molecule has 1 aliphatic rings. The summed E-state index contributed by atoms with van der Waals surface area (Å²) in [5, 5.41) is 22.2. The quantitative estimate of drug-likeness (QED) is 0.506. The van der Waals surface area contributed by atoms with Crippen molar-refractivity contribution in [2.75, 3.05) is 5.32 Å². The van der Waals surface area contributed by atoms with Gasteiger partial charge in [0.1, 0.15) is 17.6 Å². The van der Waals surface area contributed by atoms with E-state index in [9.17, 15) is 19.7 Å². The van der Waals surface area contributed by atoms with Gasteiger partial charge in [-0.1, -0.05) is 0 Å². The van der Waals surface area contributed by atoms with Gasteiger partial charge in [0.05, 0.1) is 10.5 Å². The average molecular weight is 266 g/mol. The number of carboxylic acids is 1. The molecule has 19 heavy (non-hydrogen) atoms. The molecule has 1 amide bonds. The Labute approximate surface area is 106 Å². The Morgan fingerprint density at radius 2 is 2.16 bits per heavy atom. The summed E-state index contributed by atoms with van der Waals surface area (Å²) in [6.07, 6.45) is 1.71. The Hall–Kier alpha value is -2.71. The molecule has 1 saturated carbocycles. The summed E-state index contributed by atoms with van der Waals surface area (Å²) in [4.78, 5) is 35.9. The van der Waals surface area contributed by atoms with E-state index in [-0.39, 0.29) is 17.1 Å². The maximum atomic E-state index is 11.2. The molecule has 0 saturated heterocycles. The lowest BCUT2D eigenvalue weighted by atomic mass is 10.2. The number of nitrogens with zero attached hydrogens (tertiary/aromatic N) is 2. The Morgan fingerprint density at radius 3 is 2.58 bits per heavy atom. The van der Waals surface area contributed by atoms with Gasteiger partial charge in [-0.15, -0.1) is 0 Å². The van der Waals surface area contributed by atoms with Gasteiger partial charge >= 0.3 is 5.97 Å². The molecular formula is C10H10N4O5. The molecule has 9 heteroatoms. The highest BCUT2D eigenvalue weighted by molar-refractivity contribution is 5.99. The van der Waals surface area contributed by atoms with Crippen molar-refractivity contribution in [1.29, 1.82) is 0 Å². The second-order valence-corrected chi connectivity index (χ2v) is 4.22. The number of aliphatic carboxylic acids is 1. The van der Waals surface area contributed by atoms with E-state index in [1.165, 1.54) is 0 Å². The van der Waals surface area contributed by atoms with E-state index < -0.39 is 22.3 Å². The minimum absolute atomic E-state index is 0.0574. The molecule has 1 aliphatic carbocycles. The Bertz CT molecular complexity index is 581. The molecule has 100 valence electrons. The van der Waals surface area contributed by atoms with Crippen LogP contribution in [-0.4, -0.2) is 32.4 Å². The molecule has 0 spiro atoms. The molecule has 0 atom stereocenters. The number of amides is 1. The fourth-order valence-electron chi connectivity index (χ4n) is 1.58. The van der Waals surface area contributed by atoms with Crippen LogP contribution in [0.3, 0.4) is 0 Å². The molecular weight excluding hydrogens is 256 g/mol. The number of primary amides is 1. The lowest BCUT2D eigenvalue weighted by Crippen LogP contribution is -2.33. The van der Waals surface area contributed by atoms with Gasteiger partial charge in [-0.3, -0.25) is 14.9 Å². The van der Waals surface area contributed by atoms with Crippen molar-refractivity contribution in [3.8, 4) is 0 Å². The van der Waals surface area contributed by atoms with Gasteiger partial charge in [0, 0.05) is 6.07 Å². The van der Waals surface area contributed by atoms with Crippen molar-refractivity contribution < 1.29 is 19.6 Å². The third-order valence-corrected chi connectivity index (χ3v) is 2.87. The molecule has 0 bridgehead atoms. The largest absolute Gasteiger partial charge is 0.480 e. The zero-order valence-electron chi connectivity index (χ0n) is 9.62. The predicted octanol–water partition coefficient (Wildman–Crippen LogP) is 0.118. The van der Waals surface area contributed by atoms with E-state index in [1.54, 1.807) is 0 Å². The maximum absolute atomic E-state index is 11.2. The first kappa shape index (κ1) is 12.7. The Kier molecular flexibility index (Phi) is 2.81. The second-order valence-electron chi connectivity index (χ2n) is 4.22. The van der Waals surface area contributed by atoms with Crippen LogP contribution >= 0.6 is 0 Å². The molecule has 1 fully saturated rings. The lowest BCUT2D eigenvalue weighted by molar-refractivity contribution is -0.385. The Morgan fingerprint density at radius 1 is 1.53 bits per heavy atom. The molecule has 0 unspecified atom stereocenters. The minimum atomic E-state index is -1.16. The van der Waals surface area contributed by atoms with Crippen LogP contribution in [0.1, 0.15) is 23.2 Å². The summed E-state index contributed by atoms with van der Waals surface area (Å²) in [7, 11) is 0. The van der Waals surface area contributed by atoms with E-state index in [0.717, 1.165) is 12.3 Å². The number of hydrogen-bond donors (Lipinski definition) is 3. The zero-order valence-corrected chi connectivity index (χ0v) is 9.62. The number of aromatic nitrogens is 1. The molecule has 0 aliphatic heterocycles. The third kappa shape index (κ3) is 2.30. The smallest absolute Gasteiger partial charge is 0.329 e. The first-order valence-corrected chi connectivity index (χ1v) is 5.31. The summed E-state index contributed by atoms with van der Waals surface area (Å²) in [6, 6.07) is 0.968. The second kappa shape index (κ2) is 4.19. The topological polar surface area (TPSA) is 148 Å². The summed E-state index contributed by atoms with van der Waals surface area (Å²) in [6.45, 7) is 0. The number of rotatable bonds is 5. The number of carbonyl (C=O) groups is 2. The van der Waals surface area contributed by atoms with E-state index in [0.29, 0.717) is 12.8 Å². The number of anilines is 1. The van der Waals surface area contributed by atoms with E-state index in [1.807, 2.05) is 0 Å². The standard InChI is InChI=1S/C10H10N4O5/c11-7(15)6-3-5(14(18)19)4-12-8(6)13-10(1-2-10)9(16)17/h3-4H,1-2H2,(H2,11,15)(H,12,13)(H,16,17). The molecule has 9 nitrogen and oxygen atoms in total. The van der Waals surface area contributed by atoms with Crippen LogP contribution in [-0.2, 0) is 4.79 Å². The molecule has 1 heterocycles. The van der Waals surface area contributed by atoms with Gasteiger partial charge in [-0.2, -0.15) is 0 Å². The molecule has 1 aromatic rings. The van der Waals surface area contributed by atoms with E-state index in [2.05, 4.69) is 10.3 Å². The fraction of sp³-hybridized carbons (Fsp3) is 0.300. The van der Waals surface area contributed by atoms with Crippen molar-refractivity contribution in [3.05, 3.63) is 27.9 Å². The fourth-order valence-corrected chi connectivity index (χ4v) is 1.58. The summed E-state index contributed by atoms with van der Waals surface area (Å²) >= 11 is 0. The normalized spacial score (nSPS) is 15.6. The van der Waals surface area contributed by atoms with Crippen LogP contribution in [0.5, 0.6) is 0 Å². The highest BCUT2D eigenvalue weighted by Crippen LogP contribution is 2.39. The van der Waals surface area contributed by atoms with Crippen molar-refractivity contribution in [2.24, 2.45) is 5.73 Å². The molecule has 0 aromatic carbocycles. The highest BCUT2D eigenvalue weighted by Gasteiger charge is 2.51. The number of hydrogen-bond acceptors (Lipinski definition) is 6. The average Bonchev–Trinajstić information content (AvgIpc) is 3.10. The van der Waals surface area contributed by atoms with E-state index >= 15 is 0 Å². The van der Waals surface area contributed by atoms with Crippen LogP contribution in [0.4, 0.5) is 11.5 Å². The van der Waals surface area contributed by atoms with Gasteiger partial charge in [0.15, 0.2) is 0 Å². The molecule has 1 aromatic heterocycles. The van der Waals surface area contributed by atoms with Gasteiger partial charge in [-0.05, 0) is 12.8 Å². The number of carbonyl (C=O) groups excluding carboxylic acids is 1. The summed E-state index contributed by atoms with van der Waals surface area (Å²) in [5.74, 6) is -2.04. The first-order valence-electron chi connectivity index (χ1n) is 5.31. The maximum Gasteiger partial charge on any atom is 0.329 e. The van der Waals surface area contributed by atoms with Crippen molar-refractivity contribution in [2.45, 2.75) is 18.4 Å². The highest BCUT2D eigenvalue weighted by atomic mass is 16.6. The van der Waals surface area contributed by atoms with Crippen LogP contribution in [0.25, 0.3) is 0 Å². The number of carboxylic acid groups (broad SMARTS) is 1. The van der Waals surface area contributed by atoms with Gasteiger partial charge in [0.2, 0.25) is 0 Å². The van der Waals surface area contributed by atoms with Crippen molar-refractivity contribution in [1.82, 2.24) is 4.98 Å². The van der Waals surface area contributed by atoms with Crippen LogP contribution < -0.4 is 11.1 Å². The summed E-state index contributed by atoms with van der Waals surface area (Å²) < 4.78 is 0. The summed E-state index contributed by atoms with van der Waals surface area (Å²) in [5.41, 5.74) is 3.35. The van der Waals surface area contributed by atoms with Gasteiger partial charge in [-0.25, -0.2) is 9.78 Å². The number of nitrogens with two attached hydrogens (primary N) is 1. The van der Waals surface area contributed by atoms with Crippen LogP contribution in [0, 0.1) is 10.1 Å². The molecule has 0 radical (unpaired) electrons. The SMILES string of the molecule is NC(=O)c1cc([N+](=O)[O-])cnc1NC1(C(=O)O)CC1. The lowest BCUT2D eigenvalue weighted by Gasteiger charge is -2.14. The van der Waals surface area contributed by atoms with Crippen molar-refractivity contribution in [3.63, 3.8) is 0 Å². The van der Waals surface area contributed by atoms with Crippen molar-refractivity contribution >= 4 is 23.4 Å². The molecule has 2 rings (SSSR count). The van der Waals surface area contributed by atoms with E-state index in [4.69, 9.17) is 10.8 Å². The van der Waals surface area contributed by atoms with Gasteiger partial charge < -0.3 is 16.2 Å². The molecule has 4 N–H and O–H groups in total. The first-order chi connectivity index (χ1) is 8.85. The van der Waals surface area contributed by atoms with Crippen LogP contribution in [0.15, 0.2) is 12.3 Å². The number of nitro groups is 1. The van der Waals surface area contributed by atoms with Crippen LogP contribution in [0.2, 0.25) is 0 Å². The Balaban J connectivity index is 2.38. The number of nitrogens with one attached hydrogen (secondary N) is 1.